The third kappa shape index (κ3) is 4.78. The fraction of sp³-hybridized carbons (Fsp3) is 0.556. The van der Waals surface area contributed by atoms with Crippen molar-refractivity contribution in [2.75, 3.05) is 52.3 Å². The van der Waals surface area contributed by atoms with Crippen molar-refractivity contribution >= 4 is 17.7 Å². The van der Waals surface area contributed by atoms with E-state index in [9.17, 15) is 9.59 Å². The van der Waals surface area contributed by atoms with Gasteiger partial charge in [0.15, 0.2) is 17.5 Å². The van der Waals surface area contributed by atoms with Crippen LogP contribution in [0.5, 0.6) is 11.5 Å². The second-order valence-electron chi connectivity index (χ2n) is 6.12. The normalized spacial score (nSPS) is 15.9. The Balaban J connectivity index is 1.91. The molecule has 0 bridgehead atoms. The molecule has 2 N–H and O–H groups in total. The van der Waals surface area contributed by atoms with Crippen LogP contribution in [0.3, 0.4) is 0 Å². The lowest BCUT2D eigenvalue weighted by Crippen LogP contribution is -3.19. The highest BCUT2D eigenvalue weighted by atomic mass is 16.6. The molecule has 1 aromatic carbocycles. The maximum absolute atomic E-state index is 12.6. The molecule has 1 fully saturated rings. The van der Waals surface area contributed by atoms with Gasteiger partial charge in [-0.2, -0.15) is 0 Å². The molecule has 1 aromatic rings. The Bertz CT molecular complexity index is 629. The van der Waals surface area contributed by atoms with Gasteiger partial charge in [-0.3, -0.25) is 9.69 Å². The van der Waals surface area contributed by atoms with Gasteiger partial charge in [-0.15, -0.1) is 0 Å². The molecule has 1 heterocycles. The SMILES string of the molecule is CCOC(=O)N1CC[NH+]([C@H](C)C(=O)Nc2ccc(OC)c(OC)c2)CC1. The first-order chi connectivity index (χ1) is 12.5. The van der Waals surface area contributed by atoms with Gasteiger partial charge >= 0.3 is 6.09 Å². The number of nitrogens with zero attached hydrogens (tertiary/aromatic N) is 1. The van der Waals surface area contributed by atoms with Gasteiger partial charge in [0.1, 0.15) is 0 Å². The van der Waals surface area contributed by atoms with E-state index in [4.69, 9.17) is 14.2 Å². The van der Waals surface area contributed by atoms with E-state index in [1.54, 1.807) is 44.2 Å². The maximum atomic E-state index is 12.6. The molecule has 0 aliphatic carbocycles. The van der Waals surface area contributed by atoms with Gasteiger partial charge in [0.25, 0.3) is 5.91 Å². The zero-order valence-corrected chi connectivity index (χ0v) is 15.8. The second kappa shape index (κ2) is 9.28. The van der Waals surface area contributed by atoms with Gasteiger partial charge in [0.2, 0.25) is 0 Å². The van der Waals surface area contributed by atoms with Gasteiger partial charge in [-0.05, 0) is 26.0 Å². The van der Waals surface area contributed by atoms with Crippen molar-refractivity contribution in [1.29, 1.82) is 0 Å². The molecular weight excluding hydrogens is 338 g/mol. The van der Waals surface area contributed by atoms with E-state index >= 15 is 0 Å². The van der Waals surface area contributed by atoms with Crippen LogP contribution in [0.4, 0.5) is 10.5 Å². The van der Waals surface area contributed by atoms with E-state index in [2.05, 4.69) is 5.32 Å². The summed E-state index contributed by atoms with van der Waals surface area (Å²) in [6.07, 6.45) is -0.283. The number of hydrogen-bond acceptors (Lipinski definition) is 5. The van der Waals surface area contributed by atoms with Crippen LogP contribution in [0, 0.1) is 0 Å². The van der Waals surface area contributed by atoms with E-state index in [-0.39, 0.29) is 18.0 Å². The van der Waals surface area contributed by atoms with Crippen molar-refractivity contribution in [3.8, 4) is 11.5 Å². The van der Waals surface area contributed by atoms with Crippen LogP contribution in [-0.4, -0.2) is 69.9 Å². The summed E-state index contributed by atoms with van der Waals surface area (Å²) in [6.45, 7) is 6.64. The first-order valence-corrected chi connectivity index (χ1v) is 8.79. The lowest BCUT2D eigenvalue weighted by atomic mass is 10.2. The molecule has 1 saturated heterocycles. The summed E-state index contributed by atoms with van der Waals surface area (Å²) in [6, 6.07) is 5.04. The Morgan fingerprint density at radius 3 is 2.42 bits per heavy atom. The van der Waals surface area contributed by atoms with Crippen LogP contribution in [-0.2, 0) is 9.53 Å². The zero-order valence-electron chi connectivity index (χ0n) is 15.8. The summed E-state index contributed by atoms with van der Waals surface area (Å²) in [5.41, 5.74) is 0.657. The van der Waals surface area contributed by atoms with Crippen LogP contribution in [0.25, 0.3) is 0 Å². The van der Waals surface area contributed by atoms with Crippen LogP contribution in [0.1, 0.15) is 13.8 Å². The largest absolute Gasteiger partial charge is 0.493 e. The minimum atomic E-state index is -0.283. The van der Waals surface area contributed by atoms with Gasteiger partial charge in [0, 0.05) is 11.8 Å². The summed E-state index contributed by atoms with van der Waals surface area (Å²) < 4.78 is 15.5. The van der Waals surface area contributed by atoms with E-state index in [0.29, 0.717) is 50.0 Å². The number of methoxy groups -OCH3 is 2. The molecule has 0 aromatic heterocycles. The number of amides is 2. The Morgan fingerprint density at radius 1 is 1.19 bits per heavy atom. The molecule has 0 radical (unpaired) electrons. The molecule has 1 aliphatic rings. The number of hydrogen-bond donors (Lipinski definition) is 2. The number of carbonyl (C=O) groups excluding carboxylic acids is 2. The first kappa shape index (κ1) is 19.8. The van der Waals surface area contributed by atoms with Crippen molar-refractivity contribution in [3.63, 3.8) is 0 Å². The summed E-state index contributed by atoms with van der Waals surface area (Å²) in [5, 5.41) is 2.92. The number of ether oxygens (including phenoxy) is 3. The quantitative estimate of drug-likeness (QED) is 0.761. The Morgan fingerprint density at radius 2 is 1.85 bits per heavy atom. The van der Waals surface area contributed by atoms with Crippen LogP contribution in [0.15, 0.2) is 18.2 Å². The zero-order chi connectivity index (χ0) is 19.1. The van der Waals surface area contributed by atoms with Crippen molar-refractivity contribution in [3.05, 3.63) is 18.2 Å². The van der Waals surface area contributed by atoms with Gasteiger partial charge in [0.05, 0.1) is 47.0 Å². The third-order valence-electron chi connectivity index (χ3n) is 4.59. The molecule has 0 spiro atoms. The Hall–Kier alpha value is -2.48. The molecule has 8 nitrogen and oxygen atoms in total. The molecular formula is C18H28N3O5+. The summed E-state index contributed by atoms with van der Waals surface area (Å²) >= 11 is 0. The van der Waals surface area contributed by atoms with Crippen LogP contribution in [0.2, 0.25) is 0 Å². The molecule has 144 valence electrons. The predicted molar refractivity (Wildman–Crippen MR) is 96.9 cm³/mol. The molecule has 8 heteroatoms. The first-order valence-electron chi connectivity index (χ1n) is 8.79. The Labute approximate surface area is 154 Å². The summed E-state index contributed by atoms with van der Waals surface area (Å²) in [5.74, 6) is 1.10. The van der Waals surface area contributed by atoms with Gasteiger partial charge in [-0.25, -0.2) is 4.79 Å². The number of carbonyl (C=O) groups is 2. The predicted octanol–water partition coefficient (Wildman–Crippen LogP) is 0.388. The number of quaternary nitrogens is 1. The minimum absolute atomic E-state index is 0.0724. The minimum Gasteiger partial charge on any atom is -0.493 e. The number of nitrogens with one attached hydrogen (secondary N) is 2. The maximum Gasteiger partial charge on any atom is 0.410 e. The van der Waals surface area contributed by atoms with Gasteiger partial charge in [-0.1, -0.05) is 0 Å². The monoisotopic (exact) mass is 366 g/mol. The third-order valence-corrected chi connectivity index (χ3v) is 4.59. The molecule has 1 atom stereocenters. The highest BCUT2D eigenvalue weighted by Crippen LogP contribution is 2.29. The number of piperazine rings is 1. The fourth-order valence-electron chi connectivity index (χ4n) is 2.97. The average molecular weight is 366 g/mol. The number of rotatable bonds is 6. The standard InChI is InChI=1S/C18H27N3O5/c1-5-26-18(23)21-10-8-20(9-11-21)13(2)17(22)19-14-6-7-15(24-3)16(12-14)25-4/h6-7,12-13H,5,8-11H2,1-4H3,(H,19,22)/p+1/t13-/m1/s1. The lowest BCUT2D eigenvalue weighted by molar-refractivity contribution is -0.917. The van der Waals surface area contributed by atoms with Crippen LogP contribution >= 0.6 is 0 Å². The van der Waals surface area contributed by atoms with Crippen molar-refractivity contribution < 1.29 is 28.7 Å². The molecule has 26 heavy (non-hydrogen) atoms. The van der Waals surface area contributed by atoms with Crippen LogP contribution < -0.4 is 19.7 Å². The molecule has 0 saturated carbocycles. The number of benzene rings is 1. The van der Waals surface area contributed by atoms with E-state index in [1.165, 1.54) is 0 Å². The van der Waals surface area contributed by atoms with Crippen molar-refractivity contribution in [2.45, 2.75) is 19.9 Å². The van der Waals surface area contributed by atoms with Gasteiger partial charge < -0.3 is 24.4 Å². The number of anilines is 1. The smallest absolute Gasteiger partial charge is 0.410 e. The fourth-order valence-corrected chi connectivity index (χ4v) is 2.97. The van der Waals surface area contributed by atoms with E-state index in [1.807, 2.05) is 6.92 Å². The van der Waals surface area contributed by atoms with E-state index < -0.39 is 0 Å². The topological polar surface area (TPSA) is 81.5 Å². The second-order valence-corrected chi connectivity index (χ2v) is 6.12. The van der Waals surface area contributed by atoms with E-state index in [0.717, 1.165) is 4.90 Å². The Kier molecular flexibility index (Phi) is 7.08. The average Bonchev–Trinajstić information content (AvgIpc) is 2.67. The molecule has 2 rings (SSSR count). The molecule has 1 aliphatic heterocycles. The molecule has 0 unspecified atom stereocenters. The molecule has 2 amide bonds. The lowest BCUT2D eigenvalue weighted by Gasteiger charge is -2.34. The highest BCUT2D eigenvalue weighted by molar-refractivity contribution is 5.93. The summed E-state index contributed by atoms with van der Waals surface area (Å²) in [4.78, 5) is 27.2. The summed E-state index contributed by atoms with van der Waals surface area (Å²) in [7, 11) is 3.12. The highest BCUT2D eigenvalue weighted by Gasteiger charge is 2.31. The van der Waals surface area contributed by atoms with Crippen molar-refractivity contribution in [2.24, 2.45) is 0 Å². The van der Waals surface area contributed by atoms with Crippen molar-refractivity contribution in [1.82, 2.24) is 4.90 Å².